The molecule has 8 nitrogen and oxygen atoms in total. The molecule has 0 saturated carbocycles. The van der Waals surface area contributed by atoms with E-state index in [2.05, 4.69) is 60.9 Å². The molecule has 1 atom stereocenters. The number of benzene rings is 1. The zero-order chi connectivity index (χ0) is 25.1. The standard InChI is InChI=1S/C26H28ClN7OS/c1-16(35)32-23-13-18(7-12-29-23)22-14-21(25(36-22)26-30-15-31-33-26)24(17-3-5-19(27)6-4-17)34(2)20-8-10-28-11-9-20/h3-7,12-15,20,24,28H,8-11H2,1-2H3,(H,29,32,35)(H,30,31,33). The number of halogens is 1. The molecule has 1 aliphatic rings. The second-order valence-corrected chi connectivity index (χ2v) is 10.4. The molecule has 10 heteroatoms. The number of anilines is 1. The van der Waals surface area contributed by atoms with Crippen LogP contribution in [0, 0.1) is 0 Å². The molecule has 4 aromatic rings. The summed E-state index contributed by atoms with van der Waals surface area (Å²) in [7, 11) is 2.21. The molecule has 1 aromatic carbocycles. The monoisotopic (exact) mass is 521 g/mol. The molecule has 0 bridgehead atoms. The summed E-state index contributed by atoms with van der Waals surface area (Å²) in [5, 5.41) is 15.4. The van der Waals surface area contributed by atoms with E-state index in [0.717, 1.165) is 52.6 Å². The van der Waals surface area contributed by atoms with Gasteiger partial charge in [0.15, 0.2) is 5.82 Å². The van der Waals surface area contributed by atoms with Gasteiger partial charge in [0.2, 0.25) is 5.91 Å². The largest absolute Gasteiger partial charge is 0.327 e. The Morgan fingerprint density at radius 3 is 2.67 bits per heavy atom. The average molecular weight is 522 g/mol. The molecule has 5 rings (SSSR count). The number of nitrogens with zero attached hydrogens (tertiary/aromatic N) is 4. The van der Waals surface area contributed by atoms with Crippen LogP contribution in [0.5, 0.6) is 0 Å². The molecule has 0 aliphatic carbocycles. The van der Waals surface area contributed by atoms with Crippen molar-refractivity contribution in [3.05, 3.63) is 71.1 Å². The molecule has 0 spiro atoms. The van der Waals surface area contributed by atoms with Gasteiger partial charge in [-0.2, -0.15) is 0 Å². The lowest BCUT2D eigenvalue weighted by Crippen LogP contribution is -2.43. The molecule has 3 N–H and O–H groups in total. The Hall–Kier alpha value is -3.11. The summed E-state index contributed by atoms with van der Waals surface area (Å²) in [6.07, 6.45) is 5.49. The normalized spacial score (nSPS) is 15.2. The number of rotatable bonds is 7. The van der Waals surface area contributed by atoms with Crippen LogP contribution in [0.1, 0.15) is 36.9 Å². The van der Waals surface area contributed by atoms with Crippen LogP contribution in [0.25, 0.3) is 21.1 Å². The van der Waals surface area contributed by atoms with Crippen molar-refractivity contribution in [3.63, 3.8) is 0 Å². The predicted octanol–water partition coefficient (Wildman–Crippen LogP) is 4.98. The first-order valence-corrected chi connectivity index (χ1v) is 13.1. The highest BCUT2D eigenvalue weighted by Gasteiger charge is 2.31. The Labute approximate surface area is 219 Å². The number of pyridine rings is 1. The van der Waals surface area contributed by atoms with Gasteiger partial charge < -0.3 is 15.6 Å². The number of piperidine rings is 1. The quantitative estimate of drug-likeness (QED) is 0.317. The van der Waals surface area contributed by atoms with E-state index in [1.807, 2.05) is 24.3 Å². The van der Waals surface area contributed by atoms with Crippen molar-refractivity contribution in [3.8, 4) is 21.1 Å². The van der Waals surface area contributed by atoms with Crippen LogP contribution in [0.2, 0.25) is 5.02 Å². The van der Waals surface area contributed by atoms with Crippen molar-refractivity contribution >= 4 is 34.7 Å². The highest BCUT2D eigenvalue weighted by Crippen LogP contribution is 2.44. The third-order valence-electron chi connectivity index (χ3n) is 6.51. The Bertz CT molecular complexity index is 1320. The van der Waals surface area contributed by atoms with Gasteiger partial charge in [-0.1, -0.05) is 23.7 Å². The maximum Gasteiger partial charge on any atom is 0.222 e. The van der Waals surface area contributed by atoms with Gasteiger partial charge in [0.05, 0.1) is 10.9 Å². The van der Waals surface area contributed by atoms with Gasteiger partial charge >= 0.3 is 0 Å². The predicted molar refractivity (Wildman–Crippen MR) is 144 cm³/mol. The summed E-state index contributed by atoms with van der Waals surface area (Å²) in [6.45, 7) is 3.50. The van der Waals surface area contributed by atoms with E-state index in [1.165, 1.54) is 12.5 Å². The Morgan fingerprint density at radius 2 is 1.97 bits per heavy atom. The van der Waals surface area contributed by atoms with Crippen LogP contribution in [-0.2, 0) is 4.79 Å². The molecule has 0 radical (unpaired) electrons. The molecule has 1 fully saturated rings. The first-order chi connectivity index (χ1) is 17.5. The minimum Gasteiger partial charge on any atom is -0.327 e. The number of thiophene rings is 1. The Kier molecular flexibility index (Phi) is 7.43. The molecule has 1 amide bonds. The van der Waals surface area contributed by atoms with Crippen LogP contribution < -0.4 is 10.6 Å². The van der Waals surface area contributed by atoms with E-state index < -0.39 is 0 Å². The SMILES string of the molecule is CC(=O)Nc1cc(-c2cc(C(c3ccc(Cl)cc3)N(C)C3CCNCC3)c(-c3nnc[nH]3)s2)ccn1. The number of H-pyrrole nitrogens is 1. The third kappa shape index (κ3) is 5.34. The summed E-state index contributed by atoms with van der Waals surface area (Å²) in [6, 6.07) is 14.6. The maximum absolute atomic E-state index is 11.6. The molecule has 186 valence electrons. The number of hydrogen-bond donors (Lipinski definition) is 3. The first kappa shape index (κ1) is 24.6. The van der Waals surface area contributed by atoms with E-state index in [-0.39, 0.29) is 11.9 Å². The minimum absolute atomic E-state index is 0.00730. The van der Waals surface area contributed by atoms with Crippen molar-refractivity contribution in [1.29, 1.82) is 0 Å². The van der Waals surface area contributed by atoms with Gasteiger partial charge in [-0.05, 0) is 80.0 Å². The second kappa shape index (κ2) is 10.9. The number of aromatic nitrogens is 4. The van der Waals surface area contributed by atoms with E-state index in [1.54, 1.807) is 23.9 Å². The van der Waals surface area contributed by atoms with Crippen LogP contribution in [0.15, 0.2) is 55.0 Å². The van der Waals surface area contributed by atoms with Crippen LogP contribution in [-0.4, -0.2) is 57.2 Å². The van der Waals surface area contributed by atoms with Crippen molar-refractivity contribution < 1.29 is 4.79 Å². The maximum atomic E-state index is 11.6. The molecule has 1 saturated heterocycles. The fraction of sp³-hybridized carbons (Fsp3) is 0.308. The Balaban J connectivity index is 1.64. The van der Waals surface area contributed by atoms with E-state index >= 15 is 0 Å². The third-order valence-corrected chi connectivity index (χ3v) is 7.97. The fourth-order valence-corrected chi connectivity index (χ4v) is 6.05. The zero-order valence-electron chi connectivity index (χ0n) is 20.2. The summed E-state index contributed by atoms with van der Waals surface area (Å²) < 4.78 is 0. The van der Waals surface area contributed by atoms with E-state index in [0.29, 0.717) is 16.9 Å². The number of nitrogens with one attached hydrogen (secondary N) is 3. The van der Waals surface area contributed by atoms with Gasteiger partial charge in [0, 0.05) is 29.1 Å². The van der Waals surface area contributed by atoms with Crippen LogP contribution in [0.3, 0.4) is 0 Å². The topological polar surface area (TPSA) is 98.8 Å². The molecular weight excluding hydrogens is 494 g/mol. The van der Waals surface area contributed by atoms with Crippen molar-refractivity contribution in [1.82, 2.24) is 30.4 Å². The molecular formula is C26H28ClN7OS. The van der Waals surface area contributed by atoms with Gasteiger partial charge in [-0.3, -0.25) is 9.69 Å². The first-order valence-electron chi connectivity index (χ1n) is 11.9. The van der Waals surface area contributed by atoms with Crippen molar-refractivity contribution in [2.24, 2.45) is 0 Å². The molecule has 36 heavy (non-hydrogen) atoms. The summed E-state index contributed by atoms with van der Waals surface area (Å²) >= 11 is 7.91. The van der Waals surface area contributed by atoms with Gasteiger partial charge in [-0.15, -0.1) is 21.5 Å². The van der Waals surface area contributed by atoms with E-state index in [9.17, 15) is 4.79 Å². The number of carbonyl (C=O) groups is 1. The van der Waals surface area contributed by atoms with Gasteiger partial charge in [0.25, 0.3) is 0 Å². The number of aromatic amines is 1. The van der Waals surface area contributed by atoms with Gasteiger partial charge in [-0.25, -0.2) is 4.98 Å². The smallest absolute Gasteiger partial charge is 0.222 e. The minimum atomic E-state index is -0.153. The highest BCUT2D eigenvalue weighted by molar-refractivity contribution is 7.19. The lowest BCUT2D eigenvalue weighted by Gasteiger charge is -2.38. The number of hydrogen-bond acceptors (Lipinski definition) is 7. The van der Waals surface area contributed by atoms with E-state index in [4.69, 9.17) is 11.6 Å². The lowest BCUT2D eigenvalue weighted by molar-refractivity contribution is -0.114. The van der Waals surface area contributed by atoms with Crippen molar-refractivity contribution in [2.75, 3.05) is 25.5 Å². The van der Waals surface area contributed by atoms with Crippen LogP contribution in [0.4, 0.5) is 5.82 Å². The summed E-state index contributed by atoms with van der Waals surface area (Å²) in [5.74, 6) is 1.10. The highest BCUT2D eigenvalue weighted by atomic mass is 35.5. The Morgan fingerprint density at radius 1 is 1.19 bits per heavy atom. The van der Waals surface area contributed by atoms with Crippen molar-refractivity contribution in [2.45, 2.75) is 31.8 Å². The average Bonchev–Trinajstić information content (AvgIpc) is 3.56. The lowest BCUT2D eigenvalue weighted by atomic mass is 9.93. The number of carbonyl (C=O) groups excluding carboxylic acids is 1. The molecule has 3 aromatic heterocycles. The molecule has 4 heterocycles. The summed E-state index contributed by atoms with van der Waals surface area (Å²) in [5.41, 5.74) is 3.29. The summed E-state index contributed by atoms with van der Waals surface area (Å²) in [4.78, 5) is 23.6. The second-order valence-electron chi connectivity index (χ2n) is 8.94. The number of amides is 1. The molecule has 1 aliphatic heterocycles. The van der Waals surface area contributed by atoms with Crippen LogP contribution >= 0.6 is 22.9 Å². The molecule has 1 unspecified atom stereocenters. The zero-order valence-corrected chi connectivity index (χ0v) is 21.7. The fourth-order valence-electron chi connectivity index (χ4n) is 4.79. The van der Waals surface area contributed by atoms with Gasteiger partial charge in [0.1, 0.15) is 12.1 Å².